The summed E-state index contributed by atoms with van der Waals surface area (Å²) < 4.78 is 2.13. The van der Waals surface area contributed by atoms with Crippen molar-refractivity contribution >= 4 is 28.6 Å². The Morgan fingerprint density at radius 2 is 2.05 bits per heavy atom. The molecule has 3 nitrogen and oxygen atoms in total. The molecule has 2 aromatic rings. The fourth-order valence-electron chi connectivity index (χ4n) is 3.08. The van der Waals surface area contributed by atoms with E-state index in [1.54, 1.807) is 0 Å². The molecular weight excluding hydrogens is 258 g/mol. The highest BCUT2D eigenvalue weighted by molar-refractivity contribution is 6.31. The summed E-state index contributed by atoms with van der Waals surface area (Å²) in [5.41, 5.74) is 8.05. The van der Waals surface area contributed by atoms with Crippen LogP contribution in [0.4, 0.5) is 5.95 Å². The van der Waals surface area contributed by atoms with Gasteiger partial charge in [-0.05, 0) is 42.9 Å². The van der Waals surface area contributed by atoms with E-state index in [9.17, 15) is 0 Å². The van der Waals surface area contributed by atoms with Gasteiger partial charge in [0.15, 0.2) is 0 Å². The highest BCUT2D eigenvalue weighted by Crippen LogP contribution is 2.31. The van der Waals surface area contributed by atoms with E-state index in [1.807, 2.05) is 18.2 Å². The van der Waals surface area contributed by atoms with Crippen LogP contribution in [0, 0.1) is 11.8 Å². The van der Waals surface area contributed by atoms with E-state index in [4.69, 9.17) is 17.3 Å². The average molecular weight is 278 g/mol. The van der Waals surface area contributed by atoms with Gasteiger partial charge in [-0.25, -0.2) is 4.98 Å². The number of aromatic nitrogens is 2. The lowest BCUT2D eigenvalue weighted by Crippen LogP contribution is -2.18. The van der Waals surface area contributed by atoms with Crippen molar-refractivity contribution in [2.75, 3.05) is 5.73 Å². The number of benzene rings is 1. The van der Waals surface area contributed by atoms with Gasteiger partial charge in [0, 0.05) is 11.6 Å². The number of nitrogen functional groups attached to an aromatic ring is 1. The number of imidazole rings is 1. The van der Waals surface area contributed by atoms with Crippen LogP contribution in [0.2, 0.25) is 5.02 Å². The van der Waals surface area contributed by atoms with Crippen molar-refractivity contribution in [3.63, 3.8) is 0 Å². The molecular formula is C15H20ClN3. The normalized spacial score (nSPS) is 23.9. The van der Waals surface area contributed by atoms with Crippen molar-refractivity contribution in [2.24, 2.45) is 11.8 Å². The van der Waals surface area contributed by atoms with E-state index in [0.717, 1.165) is 34.4 Å². The van der Waals surface area contributed by atoms with Crippen molar-refractivity contribution in [2.45, 2.75) is 39.2 Å². The van der Waals surface area contributed by atoms with Crippen LogP contribution in [0.5, 0.6) is 0 Å². The maximum atomic E-state index is 6.08. The van der Waals surface area contributed by atoms with E-state index in [1.165, 1.54) is 25.7 Å². The number of rotatable bonds is 2. The molecule has 0 saturated heterocycles. The average Bonchev–Trinajstić information content (AvgIpc) is 2.69. The van der Waals surface area contributed by atoms with Crippen molar-refractivity contribution in [3.05, 3.63) is 23.2 Å². The summed E-state index contributed by atoms with van der Waals surface area (Å²) in [6, 6.07) is 5.77. The van der Waals surface area contributed by atoms with Gasteiger partial charge in [-0.3, -0.25) is 0 Å². The minimum absolute atomic E-state index is 0.607. The van der Waals surface area contributed by atoms with Crippen molar-refractivity contribution in [1.82, 2.24) is 9.55 Å². The molecule has 1 aromatic heterocycles. The SMILES string of the molecule is CC1CCC(Cn2c(N)nc3ccc(Cl)cc32)CC1. The maximum Gasteiger partial charge on any atom is 0.201 e. The fourth-order valence-corrected chi connectivity index (χ4v) is 3.24. The summed E-state index contributed by atoms with van der Waals surface area (Å²) in [7, 11) is 0. The largest absolute Gasteiger partial charge is 0.369 e. The third-order valence-electron chi connectivity index (χ3n) is 4.32. The molecule has 1 aromatic carbocycles. The van der Waals surface area contributed by atoms with Gasteiger partial charge in [0.05, 0.1) is 11.0 Å². The predicted molar refractivity (Wildman–Crippen MR) is 80.3 cm³/mol. The first-order valence-electron chi connectivity index (χ1n) is 7.04. The van der Waals surface area contributed by atoms with Gasteiger partial charge in [-0.1, -0.05) is 31.4 Å². The Morgan fingerprint density at radius 1 is 1.32 bits per heavy atom. The molecule has 3 rings (SSSR count). The lowest BCUT2D eigenvalue weighted by Gasteiger charge is -2.26. The predicted octanol–water partition coefficient (Wildman–Crippen LogP) is 4.10. The minimum Gasteiger partial charge on any atom is -0.369 e. The summed E-state index contributed by atoms with van der Waals surface area (Å²) in [5, 5.41) is 0.742. The summed E-state index contributed by atoms with van der Waals surface area (Å²) in [5.74, 6) is 2.20. The molecule has 0 spiro atoms. The Morgan fingerprint density at radius 3 is 2.79 bits per heavy atom. The zero-order valence-corrected chi connectivity index (χ0v) is 12.0. The Bertz CT molecular complexity index is 582. The smallest absolute Gasteiger partial charge is 0.201 e. The van der Waals surface area contributed by atoms with Crippen molar-refractivity contribution < 1.29 is 0 Å². The van der Waals surface area contributed by atoms with E-state index in [-0.39, 0.29) is 0 Å². The number of hydrogen-bond acceptors (Lipinski definition) is 2. The van der Waals surface area contributed by atoms with Crippen LogP contribution in [-0.4, -0.2) is 9.55 Å². The van der Waals surface area contributed by atoms with E-state index < -0.39 is 0 Å². The Balaban J connectivity index is 1.87. The van der Waals surface area contributed by atoms with Gasteiger partial charge in [0.25, 0.3) is 0 Å². The second-order valence-electron chi connectivity index (χ2n) is 5.84. The molecule has 4 heteroatoms. The molecule has 1 saturated carbocycles. The Kier molecular flexibility index (Phi) is 3.40. The third kappa shape index (κ3) is 2.57. The van der Waals surface area contributed by atoms with Gasteiger partial charge >= 0.3 is 0 Å². The number of hydrogen-bond donors (Lipinski definition) is 1. The first kappa shape index (κ1) is 12.8. The Labute approximate surface area is 118 Å². The molecule has 2 N–H and O–H groups in total. The van der Waals surface area contributed by atoms with Crippen LogP contribution in [0.15, 0.2) is 18.2 Å². The van der Waals surface area contributed by atoms with Gasteiger partial charge in [0.1, 0.15) is 0 Å². The van der Waals surface area contributed by atoms with Crippen LogP contribution in [0.3, 0.4) is 0 Å². The lowest BCUT2D eigenvalue weighted by molar-refractivity contribution is 0.267. The lowest BCUT2D eigenvalue weighted by atomic mass is 9.83. The van der Waals surface area contributed by atoms with Gasteiger partial charge < -0.3 is 10.3 Å². The summed E-state index contributed by atoms with van der Waals surface area (Å²) in [6.45, 7) is 3.31. The summed E-state index contributed by atoms with van der Waals surface area (Å²) in [4.78, 5) is 4.42. The molecule has 19 heavy (non-hydrogen) atoms. The molecule has 1 heterocycles. The first-order chi connectivity index (χ1) is 9.13. The van der Waals surface area contributed by atoms with Crippen molar-refractivity contribution in [1.29, 1.82) is 0 Å². The summed E-state index contributed by atoms with van der Waals surface area (Å²) >= 11 is 6.08. The highest BCUT2D eigenvalue weighted by atomic mass is 35.5. The van der Waals surface area contributed by atoms with Crippen molar-refractivity contribution in [3.8, 4) is 0 Å². The molecule has 0 bridgehead atoms. The molecule has 0 unspecified atom stereocenters. The molecule has 1 aliphatic carbocycles. The van der Waals surface area contributed by atoms with Crippen LogP contribution >= 0.6 is 11.6 Å². The molecule has 0 radical (unpaired) electrons. The second-order valence-corrected chi connectivity index (χ2v) is 6.28. The molecule has 0 atom stereocenters. The number of anilines is 1. The topological polar surface area (TPSA) is 43.8 Å². The standard InChI is InChI=1S/C15H20ClN3/c1-10-2-4-11(5-3-10)9-19-14-8-12(16)6-7-13(14)18-15(19)17/h6-8,10-11H,2-5,9H2,1H3,(H2,17,18). The number of halogens is 1. The van der Waals surface area contributed by atoms with Gasteiger partial charge in [-0.15, -0.1) is 0 Å². The second kappa shape index (κ2) is 5.04. The zero-order chi connectivity index (χ0) is 13.4. The maximum absolute atomic E-state index is 6.08. The molecule has 0 aliphatic heterocycles. The molecule has 1 aliphatic rings. The van der Waals surface area contributed by atoms with E-state index in [0.29, 0.717) is 5.95 Å². The molecule has 0 amide bonds. The van der Waals surface area contributed by atoms with Crippen LogP contribution < -0.4 is 5.73 Å². The number of fused-ring (bicyclic) bond motifs is 1. The third-order valence-corrected chi connectivity index (χ3v) is 4.55. The summed E-state index contributed by atoms with van der Waals surface area (Å²) in [6.07, 6.45) is 5.25. The van der Waals surface area contributed by atoms with E-state index in [2.05, 4.69) is 16.5 Å². The fraction of sp³-hybridized carbons (Fsp3) is 0.533. The van der Waals surface area contributed by atoms with Crippen LogP contribution in [-0.2, 0) is 6.54 Å². The quantitative estimate of drug-likeness (QED) is 0.898. The number of nitrogens with two attached hydrogens (primary N) is 1. The van der Waals surface area contributed by atoms with Gasteiger partial charge in [-0.2, -0.15) is 0 Å². The first-order valence-corrected chi connectivity index (χ1v) is 7.42. The van der Waals surface area contributed by atoms with Gasteiger partial charge in [0.2, 0.25) is 5.95 Å². The van der Waals surface area contributed by atoms with Crippen LogP contribution in [0.25, 0.3) is 11.0 Å². The van der Waals surface area contributed by atoms with Crippen LogP contribution in [0.1, 0.15) is 32.6 Å². The Hall–Kier alpha value is -1.22. The molecule has 102 valence electrons. The monoisotopic (exact) mass is 277 g/mol. The number of nitrogens with zero attached hydrogens (tertiary/aromatic N) is 2. The zero-order valence-electron chi connectivity index (χ0n) is 11.3. The van der Waals surface area contributed by atoms with E-state index >= 15 is 0 Å². The highest BCUT2D eigenvalue weighted by Gasteiger charge is 2.20. The molecule has 1 fully saturated rings. The minimum atomic E-state index is 0.607.